The van der Waals surface area contributed by atoms with Gasteiger partial charge >= 0.3 is 0 Å². The quantitative estimate of drug-likeness (QED) is 0.481. The summed E-state index contributed by atoms with van der Waals surface area (Å²) in [5.74, 6) is 0.760. The van der Waals surface area contributed by atoms with Crippen LogP contribution < -0.4 is 20.7 Å². The lowest BCUT2D eigenvalue weighted by Crippen LogP contribution is -2.46. The van der Waals surface area contributed by atoms with Gasteiger partial charge in [0, 0.05) is 31.9 Å². The predicted molar refractivity (Wildman–Crippen MR) is 126 cm³/mol. The van der Waals surface area contributed by atoms with E-state index in [-0.39, 0.29) is 5.11 Å². The molecule has 156 valence electrons. The number of ether oxygens (including phenoxy) is 1. The highest BCUT2D eigenvalue weighted by Crippen LogP contribution is 2.26. The lowest BCUT2D eigenvalue weighted by molar-refractivity contribution is 0.252. The SMILES string of the molecule is COc1ccc(CCCCCN2CCN(c3ccccc3)CC2)cc1NC(N)=S. The first-order valence-electron chi connectivity index (χ1n) is 10.4. The van der Waals surface area contributed by atoms with E-state index in [9.17, 15) is 0 Å². The smallest absolute Gasteiger partial charge is 0.168 e. The number of methoxy groups -OCH3 is 1. The maximum Gasteiger partial charge on any atom is 0.168 e. The van der Waals surface area contributed by atoms with Crippen molar-refractivity contribution >= 4 is 28.7 Å². The Bertz CT molecular complexity index is 776. The van der Waals surface area contributed by atoms with Crippen molar-refractivity contribution in [2.75, 3.05) is 50.1 Å². The van der Waals surface area contributed by atoms with Gasteiger partial charge in [-0.1, -0.05) is 30.7 Å². The summed E-state index contributed by atoms with van der Waals surface area (Å²) < 4.78 is 5.36. The number of nitrogens with one attached hydrogen (secondary N) is 1. The van der Waals surface area contributed by atoms with Gasteiger partial charge in [0.25, 0.3) is 0 Å². The highest BCUT2D eigenvalue weighted by Gasteiger charge is 2.16. The first-order chi connectivity index (χ1) is 14.2. The molecule has 0 spiro atoms. The molecule has 1 fully saturated rings. The molecule has 0 aliphatic carbocycles. The lowest BCUT2D eigenvalue weighted by atomic mass is 10.1. The topological polar surface area (TPSA) is 53.8 Å². The van der Waals surface area contributed by atoms with Gasteiger partial charge in [0.15, 0.2) is 5.11 Å². The van der Waals surface area contributed by atoms with Gasteiger partial charge in [-0.2, -0.15) is 0 Å². The third kappa shape index (κ3) is 6.61. The van der Waals surface area contributed by atoms with E-state index in [1.807, 2.05) is 6.07 Å². The molecule has 0 amide bonds. The van der Waals surface area contributed by atoms with Crippen molar-refractivity contribution in [1.82, 2.24) is 4.90 Å². The van der Waals surface area contributed by atoms with Gasteiger partial charge in [-0.05, 0) is 67.9 Å². The zero-order valence-corrected chi connectivity index (χ0v) is 18.1. The summed E-state index contributed by atoms with van der Waals surface area (Å²) >= 11 is 4.95. The maximum absolute atomic E-state index is 5.61. The third-order valence-corrected chi connectivity index (χ3v) is 5.56. The number of unbranched alkanes of at least 4 members (excludes halogenated alkanes) is 2. The maximum atomic E-state index is 5.61. The summed E-state index contributed by atoms with van der Waals surface area (Å²) in [7, 11) is 1.65. The molecular formula is C23H32N4OS. The second-order valence-corrected chi connectivity index (χ2v) is 7.94. The Hall–Kier alpha value is -2.31. The molecule has 5 nitrogen and oxygen atoms in total. The van der Waals surface area contributed by atoms with Crippen molar-refractivity contribution in [2.45, 2.75) is 25.7 Å². The molecule has 3 rings (SSSR count). The summed E-state index contributed by atoms with van der Waals surface area (Å²) in [5.41, 5.74) is 9.07. The molecule has 0 unspecified atom stereocenters. The highest BCUT2D eigenvalue weighted by atomic mass is 32.1. The Balaban J connectivity index is 1.35. The van der Waals surface area contributed by atoms with Crippen LogP contribution in [0.15, 0.2) is 48.5 Å². The summed E-state index contributed by atoms with van der Waals surface area (Å²) in [6, 6.07) is 16.9. The van der Waals surface area contributed by atoms with E-state index in [4.69, 9.17) is 22.7 Å². The normalized spacial score (nSPS) is 14.6. The van der Waals surface area contributed by atoms with E-state index >= 15 is 0 Å². The van der Waals surface area contributed by atoms with Crippen molar-refractivity contribution in [3.05, 3.63) is 54.1 Å². The number of nitrogens with zero attached hydrogens (tertiary/aromatic N) is 2. The first kappa shape index (κ1) is 21.4. The number of aryl methyl sites for hydroxylation is 1. The van der Waals surface area contributed by atoms with Crippen LogP contribution >= 0.6 is 12.2 Å². The van der Waals surface area contributed by atoms with Gasteiger partial charge in [0.05, 0.1) is 12.8 Å². The van der Waals surface area contributed by atoms with Crippen LogP contribution in [0.4, 0.5) is 11.4 Å². The van der Waals surface area contributed by atoms with Gasteiger partial charge in [0.1, 0.15) is 5.75 Å². The fourth-order valence-corrected chi connectivity index (χ4v) is 3.96. The Morgan fingerprint density at radius 3 is 2.48 bits per heavy atom. The van der Waals surface area contributed by atoms with Crippen LogP contribution in [0.5, 0.6) is 5.75 Å². The number of benzene rings is 2. The molecule has 0 aromatic heterocycles. The number of piperazine rings is 1. The standard InChI is InChI=1S/C23H32N4OS/c1-28-22-12-11-19(18-21(22)25-23(24)29)8-4-3-7-13-26-14-16-27(17-15-26)20-9-5-2-6-10-20/h2,5-6,9-12,18H,3-4,7-8,13-17H2,1H3,(H3,24,25,29). The lowest BCUT2D eigenvalue weighted by Gasteiger charge is -2.36. The number of anilines is 2. The van der Waals surface area contributed by atoms with Crippen LogP contribution in [0, 0.1) is 0 Å². The fraction of sp³-hybridized carbons (Fsp3) is 0.435. The second-order valence-electron chi connectivity index (χ2n) is 7.50. The summed E-state index contributed by atoms with van der Waals surface area (Å²) in [4.78, 5) is 5.08. The van der Waals surface area contributed by atoms with Gasteiger partial charge in [-0.25, -0.2) is 0 Å². The second kappa shape index (κ2) is 11.0. The molecule has 2 aromatic rings. The van der Waals surface area contributed by atoms with E-state index in [1.54, 1.807) is 7.11 Å². The van der Waals surface area contributed by atoms with Crippen LogP contribution in [-0.4, -0.2) is 49.8 Å². The first-order valence-corrected chi connectivity index (χ1v) is 10.8. The summed E-state index contributed by atoms with van der Waals surface area (Å²) in [6.07, 6.45) is 4.73. The molecule has 3 N–H and O–H groups in total. The Kier molecular flexibility index (Phi) is 8.14. The number of rotatable bonds is 9. The van der Waals surface area contributed by atoms with Crippen LogP contribution in [0.3, 0.4) is 0 Å². The van der Waals surface area contributed by atoms with E-state index in [2.05, 4.69) is 57.6 Å². The van der Waals surface area contributed by atoms with Gasteiger partial charge in [0.2, 0.25) is 0 Å². The number of thiocarbonyl (C=S) groups is 1. The zero-order chi connectivity index (χ0) is 20.5. The molecule has 1 heterocycles. The van der Waals surface area contributed by atoms with E-state index in [1.165, 1.54) is 37.1 Å². The molecular weight excluding hydrogens is 380 g/mol. The van der Waals surface area contributed by atoms with Gasteiger partial charge in [-0.15, -0.1) is 0 Å². The Morgan fingerprint density at radius 1 is 1.03 bits per heavy atom. The van der Waals surface area contributed by atoms with Gasteiger partial charge < -0.3 is 20.7 Å². The fourth-order valence-electron chi connectivity index (χ4n) is 3.85. The monoisotopic (exact) mass is 412 g/mol. The molecule has 0 atom stereocenters. The number of nitrogens with two attached hydrogens (primary N) is 1. The highest BCUT2D eigenvalue weighted by molar-refractivity contribution is 7.80. The van der Waals surface area contributed by atoms with Crippen molar-refractivity contribution < 1.29 is 4.74 Å². The van der Waals surface area contributed by atoms with Crippen molar-refractivity contribution in [3.8, 4) is 5.75 Å². The van der Waals surface area contributed by atoms with E-state index in [0.717, 1.165) is 44.0 Å². The molecule has 0 bridgehead atoms. The van der Waals surface area contributed by atoms with E-state index in [0.29, 0.717) is 0 Å². The predicted octanol–water partition coefficient (Wildman–Crippen LogP) is 3.89. The molecule has 1 aliphatic rings. The Labute approximate surface area is 179 Å². The Morgan fingerprint density at radius 2 is 1.79 bits per heavy atom. The molecule has 1 saturated heterocycles. The van der Waals surface area contributed by atoms with Crippen molar-refractivity contribution in [1.29, 1.82) is 0 Å². The van der Waals surface area contributed by atoms with Crippen molar-refractivity contribution in [3.63, 3.8) is 0 Å². The van der Waals surface area contributed by atoms with Crippen molar-refractivity contribution in [2.24, 2.45) is 5.73 Å². The van der Waals surface area contributed by atoms with Gasteiger partial charge in [-0.3, -0.25) is 4.90 Å². The molecule has 2 aromatic carbocycles. The molecule has 29 heavy (non-hydrogen) atoms. The summed E-state index contributed by atoms with van der Waals surface area (Å²) in [5, 5.41) is 3.26. The number of hydrogen-bond acceptors (Lipinski definition) is 4. The molecule has 0 saturated carbocycles. The molecule has 1 aliphatic heterocycles. The average Bonchev–Trinajstić information content (AvgIpc) is 2.74. The van der Waals surface area contributed by atoms with E-state index < -0.39 is 0 Å². The minimum Gasteiger partial charge on any atom is -0.495 e. The van der Waals surface area contributed by atoms with Crippen LogP contribution in [0.1, 0.15) is 24.8 Å². The number of hydrogen-bond donors (Lipinski definition) is 2. The zero-order valence-electron chi connectivity index (χ0n) is 17.3. The third-order valence-electron chi connectivity index (χ3n) is 5.46. The molecule has 0 radical (unpaired) electrons. The number of para-hydroxylation sites is 1. The largest absolute Gasteiger partial charge is 0.495 e. The average molecular weight is 413 g/mol. The minimum absolute atomic E-state index is 0.257. The van der Waals surface area contributed by atoms with Crippen LogP contribution in [0.2, 0.25) is 0 Å². The van der Waals surface area contributed by atoms with Crippen LogP contribution in [-0.2, 0) is 6.42 Å². The van der Waals surface area contributed by atoms with Crippen LogP contribution in [0.25, 0.3) is 0 Å². The summed E-state index contributed by atoms with van der Waals surface area (Å²) in [6.45, 7) is 5.74. The minimum atomic E-state index is 0.257. The molecule has 6 heteroatoms.